The van der Waals surface area contributed by atoms with Gasteiger partial charge in [-0.25, -0.2) is 13.8 Å². The number of fused-ring (bicyclic) bond motifs is 2. The van der Waals surface area contributed by atoms with Crippen LogP contribution in [0.4, 0.5) is 14.6 Å². The predicted octanol–water partition coefficient (Wildman–Crippen LogP) is 5.63. The number of carbonyl (C=O) groups excluding carboxylic acids is 2. The van der Waals surface area contributed by atoms with Crippen molar-refractivity contribution in [1.29, 1.82) is 0 Å². The minimum atomic E-state index is -0.607. The van der Waals surface area contributed by atoms with Gasteiger partial charge in [0.25, 0.3) is 5.91 Å². The number of nitrogens with zero attached hydrogens (tertiary/aromatic N) is 2. The van der Waals surface area contributed by atoms with E-state index in [1.165, 1.54) is 24.3 Å². The van der Waals surface area contributed by atoms with E-state index in [0.717, 1.165) is 16.5 Å². The van der Waals surface area contributed by atoms with Crippen LogP contribution in [0.1, 0.15) is 40.4 Å². The second kappa shape index (κ2) is 9.02. The monoisotopic (exact) mass is 457 g/mol. The molecule has 0 fully saturated rings. The number of benzene rings is 3. The highest BCUT2D eigenvalue weighted by molar-refractivity contribution is 5.99. The van der Waals surface area contributed by atoms with Gasteiger partial charge in [-0.3, -0.25) is 9.59 Å². The lowest BCUT2D eigenvalue weighted by atomic mass is 9.99. The van der Waals surface area contributed by atoms with Gasteiger partial charge in [0.1, 0.15) is 17.5 Å². The molecule has 0 radical (unpaired) electrons. The van der Waals surface area contributed by atoms with Gasteiger partial charge >= 0.3 is 0 Å². The Hall–Kier alpha value is -4.13. The fourth-order valence-corrected chi connectivity index (χ4v) is 4.39. The van der Waals surface area contributed by atoms with Crippen LogP contribution < -0.4 is 5.32 Å². The molecule has 1 unspecified atom stereocenters. The van der Waals surface area contributed by atoms with Crippen molar-refractivity contribution in [3.63, 3.8) is 0 Å². The standard InChI is InChI=1S/C27H21F2N3O2/c28-19-11-8-17(9-12-19)16-32-23(26-20(27(32)34)5-3-6-21(26)29)13-15-25(33)31-24-14-10-18-4-1-2-7-22(18)30-24/h1-12,14,23H,13,15-16H2,(H,30,31,33). The number of nitrogens with one attached hydrogen (secondary N) is 1. The molecule has 2 heterocycles. The van der Waals surface area contributed by atoms with Crippen molar-refractivity contribution < 1.29 is 18.4 Å². The van der Waals surface area contributed by atoms with Crippen LogP contribution in [0, 0.1) is 11.6 Å². The van der Waals surface area contributed by atoms with Gasteiger partial charge in [0.15, 0.2) is 0 Å². The summed E-state index contributed by atoms with van der Waals surface area (Å²) in [6.45, 7) is 0.186. The first kappa shape index (κ1) is 21.7. The molecule has 3 aromatic carbocycles. The normalized spacial score (nSPS) is 14.9. The number of hydrogen-bond acceptors (Lipinski definition) is 3. The summed E-state index contributed by atoms with van der Waals surface area (Å²) in [5, 5.41) is 3.76. The van der Waals surface area contributed by atoms with Crippen LogP contribution in [0.25, 0.3) is 10.9 Å². The van der Waals surface area contributed by atoms with E-state index < -0.39 is 11.9 Å². The predicted molar refractivity (Wildman–Crippen MR) is 125 cm³/mol. The Labute approximate surface area is 195 Å². The molecule has 7 heteroatoms. The van der Waals surface area contributed by atoms with E-state index in [-0.39, 0.29) is 37.0 Å². The van der Waals surface area contributed by atoms with Gasteiger partial charge in [-0.15, -0.1) is 0 Å². The molecule has 4 aromatic rings. The van der Waals surface area contributed by atoms with E-state index in [9.17, 15) is 18.4 Å². The highest BCUT2D eigenvalue weighted by Gasteiger charge is 2.38. The molecule has 1 N–H and O–H groups in total. The average molecular weight is 457 g/mol. The maximum atomic E-state index is 14.8. The summed E-state index contributed by atoms with van der Waals surface area (Å²) in [4.78, 5) is 31.8. The van der Waals surface area contributed by atoms with Gasteiger partial charge in [0.2, 0.25) is 5.91 Å². The lowest BCUT2D eigenvalue weighted by Gasteiger charge is -2.25. The van der Waals surface area contributed by atoms with Crippen molar-refractivity contribution >= 4 is 28.5 Å². The summed E-state index contributed by atoms with van der Waals surface area (Å²) < 4.78 is 28.1. The van der Waals surface area contributed by atoms with Crippen LogP contribution in [0.2, 0.25) is 0 Å². The largest absolute Gasteiger partial charge is 0.327 e. The van der Waals surface area contributed by atoms with Crippen molar-refractivity contribution in [3.8, 4) is 0 Å². The summed E-state index contributed by atoms with van der Waals surface area (Å²) in [7, 11) is 0. The van der Waals surface area contributed by atoms with Gasteiger partial charge in [0, 0.05) is 29.5 Å². The molecule has 1 atom stereocenters. The first-order valence-corrected chi connectivity index (χ1v) is 11.0. The first-order chi connectivity index (χ1) is 16.5. The molecule has 1 aliphatic rings. The fourth-order valence-electron chi connectivity index (χ4n) is 4.39. The molecule has 34 heavy (non-hydrogen) atoms. The summed E-state index contributed by atoms with van der Waals surface area (Å²) >= 11 is 0. The van der Waals surface area contributed by atoms with Crippen LogP contribution in [0.3, 0.4) is 0 Å². The molecule has 5 nitrogen and oxygen atoms in total. The number of aromatic nitrogens is 1. The lowest BCUT2D eigenvalue weighted by molar-refractivity contribution is -0.116. The second-order valence-corrected chi connectivity index (χ2v) is 8.25. The van der Waals surface area contributed by atoms with Gasteiger partial charge in [-0.1, -0.05) is 36.4 Å². The Bertz CT molecular complexity index is 1390. The van der Waals surface area contributed by atoms with E-state index >= 15 is 0 Å². The molecule has 1 aromatic heterocycles. The maximum absolute atomic E-state index is 14.8. The van der Waals surface area contributed by atoms with E-state index in [1.807, 2.05) is 30.3 Å². The molecular formula is C27H21F2N3O2. The lowest BCUT2D eigenvalue weighted by Crippen LogP contribution is -2.28. The van der Waals surface area contributed by atoms with Crippen LogP contribution in [-0.2, 0) is 11.3 Å². The number of para-hydroxylation sites is 1. The van der Waals surface area contributed by atoms with Crippen molar-refractivity contribution in [3.05, 3.63) is 107 Å². The van der Waals surface area contributed by atoms with Crippen molar-refractivity contribution in [2.24, 2.45) is 0 Å². The average Bonchev–Trinajstić information content (AvgIpc) is 3.11. The van der Waals surface area contributed by atoms with Crippen molar-refractivity contribution in [1.82, 2.24) is 9.88 Å². The van der Waals surface area contributed by atoms with Crippen molar-refractivity contribution in [2.45, 2.75) is 25.4 Å². The van der Waals surface area contributed by atoms with Gasteiger partial charge in [0.05, 0.1) is 11.6 Å². The highest BCUT2D eigenvalue weighted by atomic mass is 19.1. The van der Waals surface area contributed by atoms with E-state index in [2.05, 4.69) is 10.3 Å². The van der Waals surface area contributed by atoms with E-state index in [1.54, 1.807) is 29.2 Å². The summed E-state index contributed by atoms with van der Waals surface area (Å²) in [5.41, 5.74) is 2.08. The number of halogens is 2. The molecule has 5 rings (SSSR count). The Morgan fingerprint density at radius 1 is 0.941 bits per heavy atom. The summed E-state index contributed by atoms with van der Waals surface area (Å²) in [6, 6.07) is 20.8. The van der Waals surface area contributed by atoms with Gasteiger partial charge in [-0.05, 0) is 54.4 Å². The number of pyridine rings is 1. The quantitative estimate of drug-likeness (QED) is 0.408. The number of hydrogen-bond donors (Lipinski definition) is 1. The second-order valence-electron chi connectivity index (χ2n) is 8.25. The molecule has 0 bridgehead atoms. The number of amides is 2. The van der Waals surface area contributed by atoms with Crippen molar-refractivity contribution in [2.75, 3.05) is 5.32 Å². The zero-order valence-electron chi connectivity index (χ0n) is 18.2. The number of carbonyl (C=O) groups is 2. The minimum absolute atomic E-state index is 0.0696. The maximum Gasteiger partial charge on any atom is 0.255 e. The summed E-state index contributed by atoms with van der Waals surface area (Å²) in [5.74, 6) is -1.00. The zero-order valence-corrected chi connectivity index (χ0v) is 18.2. The SMILES string of the molecule is O=C(CCC1c2c(F)cccc2C(=O)N1Cc1ccc(F)cc1)Nc1ccc2ccccc2n1. The Morgan fingerprint density at radius 3 is 2.56 bits per heavy atom. The van der Waals surface area contributed by atoms with Crippen LogP contribution in [0.5, 0.6) is 0 Å². The fraction of sp³-hybridized carbons (Fsp3) is 0.148. The molecule has 0 saturated carbocycles. The molecular weight excluding hydrogens is 436 g/mol. The topological polar surface area (TPSA) is 62.3 Å². The van der Waals surface area contributed by atoms with Crippen LogP contribution in [0.15, 0.2) is 78.9 Å². The molecule has 1 aliphatic heterocycles. The number of anilines is 1. The van der Waals surface area contributed by atoms with E-state index in [4.69, 9.17) is 0 Å². The third-order valence-electron chi connectivity index (χ3n) is 6.03. The van der Waals surface area contributed by atoms with Gasteiger partial charge < -0.3 is 10.2 Å². The Kier molecular flexibility index (Phi) is 5.76. The molecule has 170 valence electrons. The zero-order chi connectivity index (χ0) is 23.7. The highest BCUT2D eigenvalue weighted by Crippen LogP contribution is 2.39. The van der Waals surface area contributed by atoms with Crippen LogP contribution in [-0.4, -0.2) is 21.7 Å². The summed E-state index contributed by atoms with van der Waals surface area (Å²) in [6.07, 6.45) is 0.306. The Morgan fingerprint density at radius 2 is 1.74 bits per heavy atom. The first-order valence-electron chi connectivity index (χ1n) is 11.0. The molecule has 0 aliphatic carbocycles. The van der Waals surface area contributed by atoms with E-state index in [0.29, 0.717) is 16.9 Å². The molecule has 2 amide bonds. The Balaban J connectivity index is 1.34. The molecule has 0 spiro atoms. The minimum Gasteiger partial charge on any atom is -0.327 e. The number of rotatable bonds is 6. The van der Waals surface area contributed by atoms with Gasteiger partial charge in [-0.2, -0.15) is 0 Å². The van der Waals surface area contributed by atoms with Crippen LogP contribution >= 0.6 is 0 Å². The smallest absolute Gasteiger partial charge is 0.255 e. The third kappa shape index (κ3) is 4.24. The third-order valence-corrected chi connectivity index (χ3v) is 6.03. The molecule has 0 saturated heterocycles.